The molecular weight excluding hydrogens is 343 g/mol. The monoisotopic (exact) mass is 376 g/mol. The van der Waals surface area contributed by atoms with Gasteiger partial charge in [-0.1, -0.05) is 31.4 Å². The first-order chi connectivity index (χ1) is 13.2. The zero-order chi connectivity index (χ0) is 19.0. The van der Waals surface area contributed by atoms with Gasteiger partial charge < -0.3 is 15.4 Å². The first-order valence-electron chi connectivity index (χ1n) is 10.2. The number of ether oxygens (including phenoxy) is 1. The van der Waals surface area contributed by atoms with Crippen molar-refractivity contribution in [3.05, 3.63) is 35.6 Å². The molecule has 5 nitrogen and oxygen atoms in total. The Morgan fingerprint density at radius 1 is 1.11 bits per heavy atom. The number of rotatable bonds is 6. The Labute approximate surface area is 162 Å². The minimum Gasteiger partial charge on any atom is -0.379 e. The molecule has 150 valence electrons. The zero-order valence-corrected chi connectivity index (χ0v) is 16.5. The second kappa shape index (κ2) is 10.0. The molecule has 2 fully saturated rings. The summed E-state index contributed by atoms with van der Waals surface area (Å²) < 4.78 is 18.6. The number of hydrogen-bond donors (Lipinski definition) is 2. The van der Waals surface area contributed by atoms with Gasteiger partial charge >= 0.3 is 0 Å². The molecule has 1 heterocycles. The molecule has 1 aliphatic heterocycles. The minimum absolute atomic E-state index is 0.190. The molecule has 0 unspecified atom stereocenters. The predicted molar refractivity (Wildman–Crippen MR) is 108 cm³/mol. The van der Waals surface area contributed by atoms with Crippen LogP contribution in [0, 0.1) is 5.82 Å². The van der Waals surface area contributed by atoms with Crippen LogP contribution in [0.5, 0.6) is 0 Å². The molecule has 0 atom stereocenters. The number of nitrogens with zero attached hydrogens (tertiary/aromatic N) is 2. The smallest absolute Gasteiger partial charge is 0.191 e. The van der Waals surface area contributed by atoms with Crippen LogP contribution in [0.2, 0.25) is 0 Å². The average molecular weight is 377 g/mol. The molecule has 1 saturated heterocycles. The van der Waals surface area contributed by atoms with E-state index in [-0.39, 0.29) is 11.4 Å². The summed E-state index contributed by atoms with van der Waals surface area (Å²) in [7, 11) is 1.81. The van der Waals surface area contributed by atoms with Crippen molar-refractivity contribution in [3.63, 3.8) is 0 Å². The minimum atomic E-state index is -0.190. The zero-order valence-electron chi connectivity index (χ0n) is 16.5. The van der Waals surface area contributed by atoms with Crippen LogP contribution in [0.3, 0.4) is 0 Å². The van der Waals surface area contributed by atoms with E-state index in [1.807, 2.05) is 19.2 Å². The van der Waals surface area contributed by atoms with E-state index in [0.717, 1.165) is 57.3 Å². The highest BCUT2D eigenvalue weighted by Gasteiger charge is 2.38. The lowest BCUT2D eigenvalue weighted by atomic mass is 9.80. The van der Waals surface area contributed by atoms with Gasteiger partial charge in [-0.3, -0.25) is 9.89 Å². The summed E-state index contributed by atoms with van der Waals surface area (Å²) in [5.74, 6) is 0.653. The molecule has 1 aromatic carbocycles. The third-order valence-electron chi connectivity index (χ3n) is 5.89. The van der Waals surface area contributed by atoms with E-state index >= 15 is 0 Å². The topological polar surface area (TPSA) is 48.9 Å². The standard InChI is InChI=1S/C21H33FN4O/c1-23-20(24-12-9-18-5-7-19(22)8-6-18)25-17-21(10-3-2-4-11-21)26-13-15-27-16-14-26/h5-8H,2-4,9-17H2,1H3,(H2,23,24,25). The first kappa shape index (κ1) is 20.1. The van der Waals surface area contributed by atoms with Crippen LogP contribution in [0.1, 0.15) is 37.7 Å². The third kappa shape index (κ3) is 5.66. The lowest BCUT2D eigenvalue weighted by Gasteiger charge is -2.48. The fraction of sp³-hybridized carbons (Fsp3) is 0.667. The molecule has 3 rings (SSSR count). The number of halogens is 1. The fourth-order valence-electron chi connectivity index (χ4n) is 4.30. The molecule has 2 aliphatic rings. The highest BCUT2D eigenvalue weighted by atomic mass is 19.1. The van der Waals surface area contributed by atoms with Crippen molar-refractivity contribution in [2.24, 2.45) is 4.99 Å². The van der Waals surface area contributed by atoms with Crippen molar-refractivity contribution >= 4 is 5.96 Å². The van der Waals surface area contributed by atoms with E-state index in [1.165, 1.54) is 44.2 Å². The molecule has 1 saturated carbocycles. The molecule has 0 amide bonds. The number of morpholine rings is 1. The van der Waals surface area contributed by atoms with Gasteiger partial charge in [-0.25, -0.2) is 4.39 Å². The average Bonchev–Trinajstić information content (AvgIpc) is 2.73. The molecule has 1 aromatic rings. The van der Waals surface area contributed by atoms with Crippen molar-refractivity contribution in [1.29, 1.82) is 0 Å². The van der Waals surface area contributed by atoms with Crippen LogP contribution >= 0.6 is 0 Å². The summed E-state index contributed by atoms with van der Waals surface area (Å²) in [5, 5.41) is 6.96. The Hall–Kier alpha value is -1.66. The van der Waals surface area contributed by atoms with Crippen LogP contribution in [0.4, 0.5) is 4.39 Å². The van der Waals surface area contributed by atoms with E-state index < -0.39 is 0 Å². The number of guanidine groups is 1. The third-order valence-corrected chi connectivity index (χ3v) is 5.89. The second-order valence-electron chi connectivity index (χ2n) is 7.61. The molecule has 0 radical (unpaired) electrons. The van der Waals surface area contributed by atoms with Gasteiger partial charge in [0.1, 0.15) is 5.82 Å². The van der Waals surface area contributed by atoms with E-state index in [9.17, 15) is 4.39 Å². The van der Waals surface area contributed by atoms with Crippen molar-refractivity contribution in [2.45, 2.75) is 44.1 Å². The second-order valence-corrected chi connectivity index (χ2v) is 7.61. The lowest BCUT2D eigenvalue weighted by molar-refractivity contribution is -0.0352. The lowest BCUT2D eigenvalue weighted by Crippen LogP contribution is -2.60. The summed E-state index contributed by atoms with van der Waals surface area (Å²) in [4.78, 5) is 7.02. The Morgan fingerprint density at radius 3 is 2.48 bits per heavy atom. The van der Waals surface area contributed by atoms with E-state index in [4.69, 9.17) is 4.74 Å². The summed E-state index contributed by atoms with van der Waals surface area (Å²) in [6.07, 6.45) is 7.27. The Bertz CT molecular complexity index is 593. The molecule has 2 N–H and O–H groups in total. The SMILES string of the molecule is CN=C(NCCc1ccc(F)cc1)NCC1(N2CCOCC2)CCCCC1. The van der Waals surface area contributed by atoms with Gasteiger partial charge in [-0.05, 0) is 37.0 Å². The molecular formula is C21H33FN4O. The highest BCUT2D eigenvalue weighted by Crippen LogP contribution is 2.33. The molecule has 0 spiro atoms. The van der Waals surface area contributed by atoms with Crippen LogP contribution in [-0.4, -0.2) is 62.8 Å². The van der Waals surface area contributed by atoms with Gasteiger partial charge in [0.25, 0.3) is 0 Å². The number of benzene rings is 1. The Balaban J connectivity index is 1.50. The van der Waals surface area contributed by atoms with Crippen LogP contribution in [-0.2, 0) is 11.2 Å². The first-order valence-corrected chi connectivity index (χ1v) is 10.2. The Kier molecular flexibility index (Phi) is 7.47. The van der Waals surface area contributed by atoms with E-state index in [1.54, 1.807) is 0 Å². The van der Waals surface area contributed by atoms with Crippen molar-refractivity contribution in [2.75, 3.05) is 46.4 Å². The van der Waals surface area contributed by atoms with Gasteiger partial charge in [0.15, 0.2) is 5.96 Å². The molecule has 0 bridgehead atoms. The van der Waals surface area contributed by atoms with Gasteiger partial charge in [-0.15, -0.1) is 0 Å². The number of hydrogen-bond acceptors (Lipinski definition) is 3. The number of aliphatic imine (C=N–C) groups is 1. The molecule has 27 heavy (non-hydrogen) atoms. The van der Waals surface area contributed by atoms with Crippen LogP contribution in [0.15, 0.2) is 29.3 Å². The summed E-state index contributed by atoms with van der Waals surface area (Å²) in [5.41, 5.74) is 1.34. The van der Waals surface area contributed by atoms with Crippen LogP contribution in [0.25, 0.3) is 0 Å². The van der Waals surface area contributed by atoms with E-state index in [2.05, 4.69) is 20.5 Å². The summed E-state index contributed by atoms with van der Waals surface area (Å²) >= 11 is 0. The van der Waals surface area contributed by atoms with Gasteiger partial charge in [-0.2, -0.15) is 0 Å². The summed E-state index contributed by atoms with van der Waals surface area (Å²) in [6.45, 7) is 5.43. The van der Waals surface area contributed by atoms with Crippen molar-refractivity contribution in [3.8, 4) is 0 Å². The molecule has 0 aromatic heterocycles. The number of nitrogens with one attached hydrogen (secondary N) is 2. The van der Waals surface area contributed by atoms with Crippen molar-refractivity contribution < 1.29 is 9.13 Å². The largest absolute Gasteiger partial charge is 0.379 e. The molecule has 1 aliphatic carbocycles. The fourth-order valence-corrected chi connectivity index (χ4v) is 4.30. The molecule has 6 heteroatoms. The highest BCUT2D eigenvalue weighted by molar-refractivity contribution is 5.79. The predicted octanol–water partition coefficient (Wildman–Crippen LogP) is 2.57. The van der Waals surface area contributed by atoms with Gasteiger partial charge in [0.05, 0.1) is 13.2 Å². The van der Waals surface area contributed by atoms with Gasteiger partial charge in [0.2, 0.25) is 0 Å². The van der Waals surface area contributed by atoms with Crippen LogP contribution < -0.4 is 10.6 Å². The maximum Gasteiger partial charge on any atom is 0.191 e. The quantitative estimate of drug-likeness (QED) is 0.592. The normalized spacial score (nSPS) is 21.0. The Morgan fingerprint density at radius 2 is 1.81 bits per heavy atom. The van der Waals surface area contributed by atoms with Crippen molar-refractivity contribution in [1.82, 2.24) is 15.5 Å². The van der Waals surface area contributed by atoms with E-state index in [0.29, 0.717) is 0 Å². The maximum atomic E-state index is 13.0. The summed E-state index contributed by atoms with van der Waals surface area (Å²) in [6, 6.07) is 6.69. The maximum absolute atomic E-state index is 13.0. The van der Waals surface area contributed by atoms with Gasteiger partial charge in [0, 0.05) is 38.8 Å².